The third-order valence-electron chi connectivity index (χ3n) is 2.65. The molecule has 2 N–H and O–H groups in total. The van der Waals surface area contributed by atoms with Crippen LogP contribution in [0.25, 0.3) is 0 Å². The van der Waals surface area contributed by atoms with Gasteiger partial charge in [-0.05, 0) is 24.3 Å². The van der Waals surface area contributed by atoms with Crippen molar-refractivity contribution in [1.82, 2.24) is 0 Å². The highest BCUT2D eigenvalue weighted by Crippen LogP contribution is 2.16. The molecule has 0 unspecified atom stereocenters. The van der Waals surface area contributed by atoms with Crippen molar-refractivity contribution in [1.29, 1.82) is 0 Å². The second-order valence-corrected chi connectivity index (χ2v) is 4.06. The summed E-state index contributed by atoms with van der Waals surface area (Å²) in [4.78, 5) is 24.9. The van der Waals surface area contributed by atoms with E-state index < -0.39 is 5.91 Å². The summed E-state index contributed by atoms with van der Waals surface area (Å²) < 4.78 is 0. The van der Waals surface area contributed by atoms with Crippen molar-refractivity contribution in [3.05, 3.63) is 66.2 Å². The van der Waals surface area contributed by atoms with Crippen LogP contribution in [-0.4, -0.2) is 18.4 Å². The number of amides is 2. The van der Waals surface area contributed by atoms with Gasteiger partial charge in [-0.2, -0.15) is 0 Å². The highest BCUT2D eigenvalue weighted by molar-refractivity contribution is 6.08. The molecule has 0 heterocycles. The van der Waals surface area contributed by atoms with E-state index in [1.54, 1.807) is 36.4 Å². The monoisotopic (exact) mass is 254 g/mol. The predicted molar refractivity (Wildman–Crippen MR) is 73.8 cm³/mol. The smallest absolute Gasteiger partial charge is 0.258 e. The molecule has 0 aliphatic heterocycles. The van der Waals surface area contributed by atoms with Crippen molar-refractivity contribution < 1.29 is 9.59 Å². The number of rotatable bonds is 4. The van der Waals surface area contributed by atoms with E-state index in [-0.39, 0.29) is 12.5 Å². The van der Waals surface area contributed by atoms with Gasteiger partial charge in [-0.15, -0.1) is 0 Å². The average molecular weight is 254 g/mol. The molecule has 2 amide bonds. The Balaban J connectivity index is 2.33. The van der Waals surface area contributed by atoms with Gasteiger partial charge in [0.05, 0.1) is 0 Å². The molecular weight excluding hydrogens is 240 g/mol. The fourth-order valence-corrected chi connectivity index (χ4v) is 1.78. The van der Waals surface area contributed by atoms with Crippen molar-refractivity contribution in [3.8, 4) is 0 Å². The number of nitrogens with two attached hydrogens (primary N) is 1. The van der Waals surface area contributed by atoms with Crippen LogP contribution in [0, 0.1) is 0 Å². The zero-order valence-corrected chi connectivity index (χ0v) is 10.3. The molecule has 0 spiro atoms. The highest BCUT2D eigenvalue weighted by Gasteiger charge is 2.18. The normalized spacial score (nSPS) is 9.89. The molecule has 2 rings (SSSR count). The fraction of sp³-hybridized carbons (Fsp3) is 0.0667. The van der Waals surface area contributed by atoms with Crippen LogP contribution in [0.1, 0.15) is 10.4 Å². The molecule has 0 fully saturated rings. The van der Waals surface area contributed by atoms with Gasteiger partial charge in [-0.1, -0.05) is 36.4 Å². The quantitative estimate of drug-likeness (QED) is 0.904. The average Bonchev–Trinajstić information content (AvgIpc) is 2.46. The van der Waals surface area contributed by atoms with E-state index in [1.807, 2.05) is 24.3 Å². The molecule has 0 aliphatic rings. The standard InChI is InChI=1S/C15H14N2O2/c16-14(18)11-17(13-9-5-2-6-10-13)15(19)12-7-3-1-4-8-12/h1-10H,11H2,(H2,16,18). The Morgan fingerprint density at radius 2 is 1.42 bits per heavy atom. The third kappa shape index (κ3) is 3.19. The molecule has 0 radical (unpaired) electrons. The summed E-state index contributed by atoms with van der Waals surface area (Å²) in [6.07, 6.45) is 0. The number of carbonyl (C=O) groups excluding carboxylic acids is 2. The molecule has 96 valence electrons. The lowest BCUT2D eigenvalue weighted by molar-refractivity contribution is -0.116. The number of para-hydroxylation sites is 1. The van der Waals surface area contributed by atoms with E-state index in [1.165, 1.54) is 4.90 Å². The van der Waals surface area contributed by atoms with Crippen LogP contribution in [-0.2, 0) is 4.79 Å². The van der Waals surface area contributed by atoms with Crippen molar-refractivity contribution >= 4 is 17.5 Å². The fourth-order valence-electron chi connectivity index (χ4n) is 1.78. The third-order valence-corrected chi connectivity index (χ3v) is 2.65. The van der Waals surface area contributed by atoms with E-state index in [0.29, 0.717) is 11.3 Å². The molecule has 2 aromatic rings. The van der Waals surface area contributed by atoms with Crippen molar-refractivity contribution in [2.75, 3.05) is 11.4 Å². The second-order valence-electron chi connectivity index (χ2n) is 4.06. The summed E-state index contributed by atoms with van der Waals surface area (Å²) in [5, 5.41) is 0. The first-order valence-electron chi connectivity index (χ1n) is 5.89. The van der Waals surface area contributed by atoms with Gasteiger partial charge in [0.25, 0.3) is 5.91 Å². The number of carbonyl (C=O) groups is 2. The molecule has 0 aromatic heterocycles. The lowest BCUT2D eigenvalue weighted by Gasteiger charge is -2.21. The summed E-state index contributed by atoms with van der Waals surface area (Å²) in [5.41, 5.74) is 6.38. The van der Waals surface area contributed by atoms with E-state index in [2.05, 4.69) is 0 Å². The molecular formula is C15H14N2O2. The minimum absolute atomic E-state index is 0.141. The Bertz CT molecular complexity index is 567. The predicted octanol–water partition coefficient (Wildman–Crippen LogP) is 1.82. The number of hydrogen-bond acceptors (Lipinski definition) is 2. The van der Waals surface area contributed by atoms with Gasteiger partial charge in [0.2, 0.25) is 5.91 Å². The van der Waals surface area contributed by atoms with Crippen LogP contribution in [0.3, 0.4) is 0 Å². The van der Waals surface area contributed by atoms with Crippen LogP contribution >= 0.6 is 0 Å². The molecule has 0 atom stereocenters. The first-order valence-corrected chi connectivity index (χ1v) is 5.89. The molecule has 0 aliphatic carbocycles. The Morgan fingerprint density at radius 1 is 0.895 bits per heavy atom. The van der Waals surface area contributed by atoms with Crippen molar-refractivity contribution in [2.24, 2.45) is 5.73 Å². The molecule has 19 heavy (non-hydrogen) atoms. The first kappa shape index (κ1) is 12.8. The number of primary amides is 1. The lowest BCUT2D eigenvalue weighted by Crippen LogP contribution is -2.38. The molecule has 0 saturated heterocycles. The van der Waals surface area contributed by atoms with E-state index in [4.69, 9.17) is 5.73 Å². The Kier molecular flexibility index (Phi) is 3.93. The van der Waals surface area contributed by atoms with Crippen LogP contribution in [0.5, 0.6) is 0 Å². The van der Waals surface area contributed by atoms with Gasteiger partial charge in [-0.25, -0.2) is 0 Å². The first-order chi connectivity index (χ1) is 9.18. The summed E-state index contributed by atoms with van der Waals surface area (Å²) in [6.45, 7) is -0.141. The number of hydrogen-bond donors (Lipinski definition) is 1. The lowest BCUT2D eigenvalue weighted by atomic mass is 10.2. The maximum absolute atomic E-state index is 12.4. The Morgan fingerprint density at radius 3 is 1.95 bits per heavy atom. The number of anilines is 1. The van der Waals surface area contributed by atoms with E-state index in [9.17, 15) is 9.59 Å². The SMILES string of the molecule is NC(=O)CN(C(=O)c1ccccc1)c1ccccc1. The van der Waals surface area contributed by atoms with Gasteiger partial charge in [0.15, 0.2) is 0 Å². The number of benzene rings is 2. The van der Waals surface area contributed by atoms with E-state index in [0.717, 1.165) is 0 Å². The summed E-state index contributed by atoms with van der Waals surface area (Å²) in [7, 11) is 0. The van der Waals surface area contributed by atoms with Gasteiger partial charge in [0, 0.05) is 11.3 Å². The van der Waals surface area contributed by atoms with Gasteiger partial charge in [-0.3, -0.25) is 14.5 Å². The van der Waals surface area contributed by atoms with Crippen LogP contribution in [0.4, 0.5) is 5.69 Å². The Hall–Kier alpha value is -2.62. The molecule has 4 heteroatoms. The summed E-state index contributed by atoms with van der Waals surface area (Å²) in [5.74, 6) is -0.793. The maximum Gasteiger partial charge on any atom is 0.258 e. The molecule has 0 bridgehead atoms. The van der Waals surface area contributed by atoms with E-state index >= 15 is 0 Å². The van der Waals surface area contributed by atoms with Crippen LogP contribution < -0.4 is 10.6 Å². The highest BCUT2D eigenvalue weighted by atomic mass is 16.2. The second kappa shape index (κ2) is 5.82. The zero-order valence-electron chi connectivity index (χ0n) is 10.3. The van der Waals surface area contributed by atoms with Crippen LogP contribution in [0.15, 0.2) is 60.7 Å². The van der Waals surface area contributed by atoms with Gasteiger partial charge >= 0.3 is 0 Å². The van der Waals surface area contributed by atoms with Gasteiger partial charge in [0.1, 0.15) is 6.54 Å². The minimum atomic E-state index is -0.548. The number of nitrogens with zero attached hydrogens (tertiary/aromatic N) is 1. The van der Waals surface area contributed by atoms with Crippen molar-refractivity contribution in [3.63, 3.8) is 0 Å². The molecule has 4 nitrogen and oxygen atoms in total. The Labute approximate surface area is 111 Å². The summed E-state index contributed by atoms with van der Waals surface area (Å²) in [6, 6.07) is 17.8. The summed E-state index contributed by atoms with van der Waals surface area (Å²) >= 11 is 0. The topological polar surface area (TPSA) is 63.4 Å². The molecule has 0 saturated carbocycles. The molecule has 2 aromatic carbocycles. The maximum atomic E-state index is 12.4. The minimum Gasteiger partial charge on any atom is -0.368 e. The van der Waals surface area contributed by atoms with Crippen LogP contribution in [0.2, 0.25) is 0 Å². The van der Waals surface area contributed by atoms with Gasteiger partial charge < -0.3 is 5.73 Å². The zero-order chi connectivity index (χ0) is 13.7. The largest absolute Gasteiger partial charge is 0.368 e. The van der Waals surface area contributed by atoms with Crippen molar-refractivity contribution in [2.45, 2.75) is 0 Å².